The van der Waals surface area contributed by atoms with Crippen LogP contribution in [0.5, 0.6) is 0 Å². The lowest BCUT2D eigenvalue weighted by Crippen LogP contribution is -2.44. The van der Waals surface area contributed by atoms with E-state index in [2.05, 4.69) is 5.32 Å². The van der Waals surface area contributed by atoms with Crippen LogP contribution < -0.4 is 5.32 Å². The Morgan fingerprint density at radius 1 is 1.50 bits per heavy atom. The van der Waals surface area contributed by atoms with Crippen molar-refractivity contribution in [2.75, 3.05) is 13.1 Å². The van der Waals surface area contributed by atoms with Crippen LogP contribution in [0.25, 0.3) is 0 Å². The van der Waals surface area contributed by atoms with Gasteiger partial charge in [-0.25, -0.2) is 4.79 Å². The van der Waals surface area contributed by atoms with E-state index in [1.165, 1.54) is 9.78 Å². The minimum Gasteiger partial charge on any atom is -0.480 e. The lowest BCUT2D eigenvalue weighted by atomic mass is 10.3. The minimum atomic E-state index is -0.963. The molecule has 1 aromatic heterocycles. The zero-order chi connectivity index (χ0) is 13.0. The third-order valence-corrected chi connectivity index (χ3v) is 3.72. The number of nitrogens with zero attached hydrogens (tertiary/aromatic N) is 1. The van der Waals surface area contributed by atoms with Gasteiger partial charge in [-0.1, -0.05) is 6.07 Å². The van der Waals surface area contributed by atoms with Crippen LogP contribution >= 0.6 is 11.3 Å². The largest absolute Gasteiger partial charge is 0.480 e. The molecular formula is C12H16N2O3S. The number of urea groups is 1. The molecule has 2 N–H and O–H groups in total. The van der Waals surface area contributed by atoms with E-state index in [9.17, 15) is 9.59 Å². The Kier molecular flexibility index (Phi) is 4.19. The van der Waals surface area contributed by atoms with Gasteiger partial charge in [-0.05, 0) is 30.7 Å². The van der Waals surface area contributed by atoms with Gasteiger partial charge in [0, 0.05) is 17.5 Å². The van der Waals surface area contributed by atoms with Gasteiger partial charge in [-0.15, -0.1) is 11.3 Å². The summed E-state index contributed by atoms with van der Waals surface area (Å²) in [7, 11) is 0. The molecule has 1 aliphatic rings. The second-order valence-corrected chi connectivity index (χ2v) is 5.35. The first-order valence-electron chi connectivity index (χ1n) is 5.95. The fourth-order valence-corrected chi connectivity index (χ4v) is 2.46. The number of amides is 2. The van der Waals surface area contributed by atoms with E-state index in [1.54, 1.807) is 11.3 Å². The van der Waals surface area contributed by atoms with Gasteiger partial charge >= 0.3 is 12.0 Å². The molecule has 0 unspecified atom stereocenters. The fourth-order valence-electron chi connectivity index (χ4n) is 1.75. The van der Waals surface area contributed by atoms with Crippen molar-refractivity contribution in [1.29, 1.82) is 0 Å². The molecule has 0 atom stereocenters. The summed E-state index contributed by atoms with van der Waals surface area (Å²) in [6, 6.07) is 3.84. The highest BCUT2D eigenvalue weighted by Gasteiger charge is 2.33. The van der Waals surface area contributed by atoms with E-state index in [0.717, 1.165) is 19.3 Å². The van der Waals surface area contributed by atoms with Gasteiger partial charge in [0.05, 0.1) is 0 Å². The maximum Gasteiger partial charge on any atom is 0.323 e. The maximum atomic E-state index is 11.8. The highest BCUT2D eigenvalue weighted by molar-refractivity contribution is 7.09. The second kappa shape index (κ2) is 5.86. The average Bonchev–Trinajstić information content (AvgIpc) is 3.03. The van der Waals surface area contributed by atoms with Gasteiger partial charge in [0.2, 0.25) is 0 Å². The predicted octanol–water partition coefficient (Wildman–Crippen LogP) is 1.55. The third kappa shape index (κ3) is 3.73. The number of nitrogens with one attached hydrogen (secondary N) is 1. The summed E-state index contributed by atoms with van der Waals surface area (Å²) in [4.78, 5) is 25.2. The molecule has 5 nitrogen and oxygen atoms in total. The summed E-state index contributed by atoms with van der Waals surface area (Å²) >= 11 is 1.65. The van der Waals surface area contributed by atoms with E-state index in [-0.39, 0.29) is 18.6 Å². The minimum absolute atomic E-state index is 0.114. The zero-order valence-electron chi connectivity index (χ0n) is 9.96. The number of hydrogen-bond acceptors (Lipinski definition) is 3. The van der Waals surface area contributed by atoms with Gasteiger partial charge < -0.3 is 15.3 Å². The van der Waals surface area contributed by atoms with Crippen LogP contribution in [0.4, 0.5) is 4.79 Å². The Balaban J connectivity index is 1.76. The standard InChI is InChI=1S/C12H16N2O3S/c15-11(16)8-14(9-3-4-9)12(17)13-6-5-10-2-1-7-18-10/h1-2,7,9H,3-6,8H2,(H,13,17)(H,15,16). The van der Waals surface area contributed by atoms with Gasteiger partial charge in [0.15, 0.2) is 0 Å². The molecule has 2 amide bonds. The first-order valence-corrected chi connectivity index (χ1v) is 6.83. The number of hydrogen-bond donors (Lipinski definition) is 2. The lowest BCUT2D eigenvalue weighted by molar-refractivity contribution is -0.137. The van der Waals surface area contributed by atoms with Crippen molar-refractivity contribution in [1.82, 2.24) is 10.2 Å². The molecule has 0 radical (unpaired) electrons. The highest BCUT2D eigenvalue weighted by Crippen LogP contribution is 2.26. The summed E-state index contributed by atoms with van der Waals surface area (Å²) < 4.78 is 0. The molecule has 0 aliphatic heterocycles. The van der Waals surface area contributed by atoms with Crippen molar-refractivity contribution >= 4 is 23.3 Å². The Labute approximate surface area is 109 Å². The van der Waals surface area contributed by atoms with Crippen molar-refractivity contribution < 1.29 is 14.7 Å². The van der Waals surface area contributed by atoms with Crippen LogP contribution in [0.15, 0.2) is 17.5 Å². The topological polar surface area (TPSA) is 69.6 Å². The van der Waals surface area contributed by atoms with E-state index >= 15 is 0 Å². The van der Waals surface area contributed by atoms with E-state index in [4.69, 9.17) is 5.11 Å². The van der Waals surface area contributed by atoms with Crippen molar-refractivity contribution in [3.63, 3.8) is 0 Å². The maximum absolute atomic E-state index is 11.8. The Morgan fingerprint density at radius 3 is 2.83 bits per heavy atom. The first kappa shape index (κ1) is 12.9. The number of carboxylic acids is 1. The van der Waals surface area contributed by atoms with Crippen molar-refractivity contribution in [3.8, 4) is 0 Å². The molecule has 0 bridgehead atoms. The molecule has 1 aliphatic carbocycles. The van der Waals surface area contributed by atoms with Crippen LogP contribution in [-0.4, -0.2) is 41.1 Å². The molecule has 1 saturated carbocycles. The van der Waals surface area contributed by atoms with Crippen LogP contribution in [0.2, 0.25) is 0 Å². The summed E-state index contributed by atoms with van der Waals surface area (Å²) in [6.45, 7) is 0.331. The van der Waals surface area contributed by atoms with Gasteiger partial charge in [0.1, 0.15) is 6.54 Å². The van der Waals surface area contributed by atoms with E-state index in [0.29, 0.717) is 6.54 Å². The molecule has 1 fully saturated rings. The third-order valence-electron chi connectivity index (χ3n) is 2.78. The first-order chi connectivity index (χ1) is 8.66. The summed E-state index contributed by atoms with van der Waals surface area (Å²) in [5, 5.41) is 13.5. The van der Waals surface area contributed by atoms with Crippen LogP contribution in [0, 0.1) is 0 Å². The Hall–Kier alpha value is -1.56. The van der Waals surface area contributed by atoms with Crippen molar-refractivity contribution in [2.24, 2.45) is 0 Å². The smallest absolute Gasteiger partial charge is 0.323 e. The highest BCUT2D eigenvalue weighted by atomic mass is 32.1. The quantitative estimate of drug-likeness (QED) is 0.822. The molecule has 18 heavy (non-hydrogen) atoms. The van der Waals surface area contributed by atoms with Gasteiger partial charge in [-0.2, -0.15) is 0 Å². The molecule has 98 valence electrons. The Bertz CT molecular complexity index is 415. The van der Waals surface area contributed by atoms with E-state index < -0.39 is 5.97 Å². The van der Waals surface area contributed by atoms with Crippen molar-refractivity contribution in [2.45, 2.75) is 25.3 Å². The predicted molar refractivity (Wildman–Crippen MR) is 68.8 cm³/mol. The lowest BCUT2D eigenvalue weighted by Gasteiger charge is -2.20. The fraction of sp³-hybridized carbons (Fsp3) is 0.500. The van der Waals surface area contributed by atoms with Crippen LogP contribution in [0.1, 0.15) is 17.7 Å². The summed E-state index contributed by atoms with van der Waals surface area (Å²) in [5.41, 5.74) is 0. The normalized spacial score (nSPS) is 14.2. The summed E-state index contributed by atoms with van der Waals surface area (Å²) in [5.74, 6) is -0.963. The van der Waals surface area contributed by atoms with Crippen LogP contribution in [0.3, 0.4) is 0 Å². The number of carboxylic acid groups (broad SMARTS) is 1. The monoisotopic (exact) mass is 268 g/mol. The van der Waals surface area contributed by atoms with Crippen molar-refractivity contribution in [3.05, 3.63) is 22.4 Å². The molecule has 2 rings (SSSR count). The molecular weight excluding hydrogens is 252 g/mol. The van der Waals surface area contributed by atoms with Gasteiger partial charge in [-0.3, -0.25) is 4.79 Å². The molecule has 0 saturated heterocycles. The number of aliphatic carboxylic acids is 1. The van der Waals surface area contributed by atoms with Crippen LogP contribution in [-0.2, 0) is 11.2 Å². The molecule has 0 spiro atoms. The number of carbonyl (C=O) groups is 2. The average molecular weight is 268 g/mol. The number of thiophene rings is 1. The molecule has 1 aromatic rings. The summed E-state index contributed by atoms with van der Waals surface area (Å²) in [6.07, 6.45) is 2.60. The molecule has 1 heterocycles. The van der Waals surface area contributed by atoms with Gasteiger partial charge in [0.25, 0.3) is 0 Å². The van der Waals surface area contributed by atoms with E-state index in [1.807, 2.05) is 17.5 Å². The molecule has 0 aromatic carbocycles. The second-order valence-electron chi connectivity index (χ2n) is 4.31. The Morgan fingerprint density at radius 2 is 2.28 bits per heavy atom. The zero-order valence-corrected chi connectivity index (χ0v) is 10.8. The SMILES string of the molecule is O=C(O)CN(C(=O)NCCc1cccs1)C1CC1. The number of carbonyl (C=O) groups excluding carboxylic acids is 1. The molecule has 6 heteroatoms. The number of rotatable bonds is 6.